The number of hydrogen-bond donors (Lipinski definition) is 0. The molecule has 0 atom stereocenters. The van der Waals surface area contributed by atoms with E-state index >= 15 is 0 Å². The third-order valence-corrected chi connectivity index (χ3v) is 4.45. The number of rotatable bonds is 5. The van der Waals surface area contributed by atoms with Crippen LogP contribution in [0.5, 0.6) is 5.75 Å². The monoisotopic (exact) mass is 428 g/mol. The molecule has 8 heteroatoms. The van der Waals surface area contributed by atoms with Gasteiger partial charge in [-0.2, -0.15) is 0 Å². The fourth-order valence-electron chi connectivity index (χ4n) is 2.51. The van der Waals surface area contributed by atoms with Crippen LogP contribution >= 0.6 is 23.2 Å². The zero-order valence-electron chi connectivity index (χ0n) is 15.1. The summed E-state index contributed by atoms with van der Waals surface area (Å²) in [5, 5.41) is 11.9. The van der Waals surface area contributed by atoms with Crippen molar-refractivity contribution in [2.45, 2.75) is 6.92 Å². The first-order valence-corrected chi connectivity index (χ1v) is 9.15. The van der Waals surface area contributed by atoms with E-state index in [2.05, 4.69) is 4.99 Å². The molecule has 0 aliphatic carbocycles. The van der Waals surface area contributed by atoms with E-state index in [0.717, 1.165) is 11.3 Å². The maximum absolute atomic E-state index is 12.3. The van der Waals surface area contributed by atoms with Crippen LogP contribution in [-0.4, -0.2) is 17.1 Å². The molecule has 0 radical (unpaired) electrons. The Hall–Kier alpha value is -3.22. The fraction of sp³-hybridized carbons (Fsp3) is 0.0476. The van der Waals surface area contributed by atoms with E-state index in [1.54, 1.807) is 6.07 Å². The van der Waals surface area contributed by atoms with Crippen LogP contribution < -0.4 is 4.74 Å². The van der Waals surface area contributed by atoms with Crippen LogP contribution in [0.25, 0.3) is 0 Å². The van der Waals surface area contributed by atoms with Gasteiger partial charge in [0.1, 0.15) is 0 Å². The Balaban J connectivity index is 1.86. The molecule has 3 aromatic rings. The van der Waals surface area contributed by atoms with Gasteiger partial charge in [0.05, 0.1) is 21.2 Å². The number of aliphatic imine (C=N–C) groups is 1. The molecule has 0 fully saturated rings. The maximum atomic E-state index is 12.3. The Morgan fingerprint density at radius 1 is 1.10 bits per heavy atom. The number of aryl methyl sites for hydroxylation is 1. The zero-order chi connectivity index (χ0) is 21.0. The molecule has 3 aromatic carbocycles. The van der Waals surface area contributed by atoms with E-state index in [4.69, 9.17) is 27.9 Å². The number of halogens is 2. The van der Waals surface area contributed by atoms with Gasteiger partial charge in [-0.15, -0.1) is 0 Å². The van der Waals surface area contributed by atoms with Crippen molar-refractivity contribution in [2.75, 3.05) is 0 Å². The molecule has 0 amide bonds. The lowest BCUT2D eigenvalue weighted by Crippen LogP contribution is -2.10. The highest BCUT2D eigenvalue weighted by Crippen LogP contribution is 2.30. The molecule has 6 nitrogen and oxygen atoms in total. The van der Waals surface area contributed by atoms with Gasteiger partial charge in [0.25, 0.3) is 0 Å². The predicted molar refractivity (Wildman–Crippen MR) is 113 cm³/mol. The summed E-state index contributed by atoms with van der Waals surface area (Å²) < 4.78 is 5.19. The van der Waals surface area contributed by atoms with Gasteiger partial charge in [0, 0.05) is 17.3 Å². The van der Waals surface area contributed by atoms with Crippen LogP contribution in [0.3, 0.4) is 0 Å². The third-order valence-electron chi connectivity index (χ3n) is 3.90. The van der Waals surface area contributed by atoms with Crippen molar-refractivity contribution in [2.24, 2.45) is 4.99 Å². The second-order valence-corrected chi connectivity index (χ2v) is 6.94. The molecule has 146 valence electrons. The molecule has 0 aromatic heterocycles. The first kappa shape index (κ1) is 20.5. The van der Waals surface area contributed by atoms with Crippen LogP contribution in [0.1, 0.15) is 21.5 Å². The Kier molecular flexibility index (Phi) is 6.26. The molecule has 0 N–H and O–H groups in total. The molecule has 0 aliphatic rings. The smallest absolute Gasteiger partial charge is 0.345 e. The molecule has 3 rings (SSSR count). The molecule has 0 saturated heterocycles. The summed E-state index contributed by atoms with van der Waals surface area (Å²) in [6.07, 6.45) is 1.50. The summed E-state index contributed by atoms with van der Waals surface area (Å²) in [5.41, 5.74) is 1.95. The lowest BCUT2D eigenvalue weighted by Gasteiger charge is -2.07. The molecule has 0 bridgehead atoms. The number of ether oxygens (including phenoxy) is 1. The number of nitro benzene ring substituents is 1. The molecule has 0 aliphatic heterocycles. The Morgan fingerprint density at radius 3 is 2.59 bits per heavy atom. The van der Waals surface area contributed by atoms with E-state index in [1.807, 2.05) is 31.2 Å². The molecule has 0 spiro atoms. The van der Waals surface area contributed by atoms with Crippen LogP contribution in [0.2, 0.25) is 10.0 Å². The number of carbonyl (C=O) groups excluding carboxylic acids is 1. The first-order valence-electron chi connectivity index (χ1n) is 8.40. The summed E-state index contributed by atoms with van der Waals surface area (Å²) in [6.45, 7) is 1.94. The average Bonchev–Trinajstić information content (AvgIpc) is 2.67. The number of esters is 1. The van der Waals surface area contributed by atoms with Gasteiger partial charge < -0.3 is 4.74 Å². The van der Waals surface area contributed by atoms with E-state index in [0.29, 0.717) is 10.6 Å². The quantitative estimate of drug-likeness (QED) is 0.159. The van der Waals surface area contributed by atoms with Gasteiger partial charge in [0.15, 0.2) is 0 Å². The van der Waals surface area contributed by atoms with Crippen molar-refractivity contribution in [1.29, 1.82) is 0 Å². The molecular weight excluding hydrogens is 415 g/mol. The summed E-state index contributed by atoms with van der Waals surface area (Å²) in [4.78, 5) is 27.5. The Morgan fingerprint density at radius 2 is 1.90 bits per heavy atom. The summed E-state index contributed by atoms with van der Waals surface area (Å²) in [6, 6.07) is 16.0. The molecule has 0 heterocycles. The number of nitro groups is 1. The lowest BCUT2D eigenvalue weighted by molar-refractivity contribution is -0.385. The number of nitrogens with zero attached hydrogens (tertiary/aromatic N) is 2. The summed E-state index contributed by atoms with van der Waals surface area (Å²) >= 11 is 11.8. The summed E-state index contributed by atoms with van der Waals surface area (Å²) in [5.74, 6) is -1.02. The van der Waals surface area contributed by atoms with Gasteiger partial charge in [-0.05, 0) is 60.5 Å². The first-order chi connectivity index (χ1) is 13.8. The normalized spacial score (nSPS) is 10.9. The zero-order valence-corrected chi connectivity index (χ0v) is 16.6. The predicted octanol–water partition coefficient (Wildman–Crippen LogP) is 6.18. The van der Waals surface area contributed by atoms with E-state index in [1.165, 1.54) is 36.5 Å². The van der Waals surface area contributed by atoms with Crippen LogP contribution in [0, 0.1) is 17.0 Å². The van der Waals surface area contributed by atoms with Gasteiger partial charge in [-0.1, -0.05) is 35.3 Å². The second kappa shape index (κ2) is 8.86. The topological polar surface area (TPSA) is 81.8 Å². The van der Waals surface area contributed by atoms with Crippen molar-refractivity contribution in [1.82, 2.24) is 0 Å². The standard InChI is InChI=1S/C21H14Cl2N2O4/c1-13-3-2-4-16(9-13)24-12-14-5-8-20(19(10-14)25(27)28)29-21(26)17-7-6-15(22)11-18(17)23/h2-12H,1H3. The van der Waals surface area contributed by atoms with Gasteiger partial charge >= 0.3 is 11.7 Å². The highest BCUT2D eigenvalue weighted by atomic mass is 35.5. The number of carbonyl (C=O) groups is 1. The van der Waals surface area contributed by atoms with Gasteiger partial charge in [0.2, 0.25) is 5.75 Å². The Bertz CT molecular complexity index is 1130. The fourth-order valence-corrected chi connectivity index (χ4v) is 3.00. The van der Waals surface area contributed by atoms with Gasteiger partial charge in [-0.25, -0.2) is 4.79 Å². The highest BCUT2D eigenvalue weighted by molar-refractivity contribution is 6.36. The third kappa shape index (κ3) is 5.19. The van der Waals surface area contributed by atoms with Gasteiger partial charge in [-0.3, -0.25) is 15.1 Å². The highest BCUT2D eigenvalue weighted by Gasteiger charge is 2.21. The van der Waals surface area contributed by atoms with E-state index in [-0.39, 0.29) is 22.0 Å². The SMILES string of the molecule is Cc1cccc(N=Cc2ccc(OC(=O)c3ccc(Cl)cc3Cl)c([N+](=O)[O-])c2)c1. The van der Waals surface area contributed by atoms with E-state index < -0.39 is 10.9 Å². The maximum Gasteiger partial charge on any atom is 0.345 e. The molecule has 0 unspecified atom stereocenters. The number of hydrogen-bond acceptors (Lipinski definition) is 5. The minimum absolute atomic E-state index is 0.0513. The summed E-state index contributed by atoms with van der Waals surface area (Å²) in [7, 11) is 0. The van der Waals surface area contributed by atoms with Crippen molar-refractivity contribution in [3.8, 4) is 5.75 Å². The molecular formula is C21H14Cl2N2O4. The van der Waals surface area contributed by atoms with Crippen LogP contribution in [-0.2, 0) is 0 Å². The second-order valence-electron chi connectivity index (χ2n) is 6.10. The number of benzene rings is 3. The van der Waals surface area contributed by atoms with E-state index in [9.17, 15) is 14.9 Å². The molecule has 29 heavy (non-hydrogen) atoms. The minimum Gasteiger partial charge on any atom is -0.416 e. The van der Waals surface area contributed by atoms with Crippen LogP contribution in [0.4, 0.5) is 11.4 Å². The van der Waals surface area contributed by atoms with Crippen molar-refractivity contribution in [3.05, 3.63) is 97.5 Å². The van der Waals surface area contributed by atoms with Crippen molar-refractivity contribution >= 4 is 46.8 Å². The minimum atomic E-state index is -0.823. The van der Waals surface area contributed by atoms with Crippen molar-refractivity contribution < 1.29 is 14.5 Å². The Labute approximate surface area is 176 Å². The van der Waals surface area contributed by atoms with Crippen LogP contribution in [0.15, 0.2) is 65.7 Å². The lowest BCUT2D eigenvalue weighted by atomic mass is 10.2. The average molecular weight is 429 g/mol. The largest absolute Gasteiger partial charge is 0.416 e. The van der Waals surface area contributed by atoms with Crippen molar-refractivity contribution in [3.63, 3.8) is 0 Å². The molecule has 0 saturated carbocycles.